The first kappa shape index (κ1) is 22.9. The van der Waals surface area contributed by atoms with Gasteiger partial charge in [0.1, 0.15) is 0 Å². The van der Waals surface area contributed by atoms with Crippen molar-refractivity contribution >= 4 is 45.4 Å². The Hall–Kier alpha value is -3.82. The van der Waals surface area contributed by atoms with Crippen LogP contribution in [0.25, 0.3) is 6.08 Å². The van der Waals surface area contributed by atoms with Crippen LogP contribution in [0.1, 0.15) is 15.9 Å². The monoisotopic (exact) mass is 471 g/mol. The van der Waals surface area contributed by atoms with Crippen molar-refractivity contribution in [2.45, 2.75) is 0 Å². The largest absolute Gasteiger partial charge is 0.419 e. The van der Waals surface area contributed by atoms with Crippen LogP contribution in [-0.2, 0) is 10.1 Å². The molecule has 0 aromatic heterocycles. The molecule has 32 heavy (non-hydrogen) atoms. The molecule has 0 fully saturated rings. The lowest BCUT2D eigenvalue weighted by atomic mass is 10.2. The van der Waals surface area contributed by atoms with Gasteiger partial charge >= 0.3 is 16.1 Å². The zero-order chi connectivity index (χ0) is 23.1. The van der Waals surface area contributed by atoms with Crippen LogP contribution in [-0.4, -0.2) is 20.3 Å². The number of benzene rings is 3. The molecule has 0 aliphatic heterocycles. The predicted octanol–water partition coefficient (Wildman–Crippen LogP) is 4.24. The summed E-state index contributed by atoms with van der Waals surface area (Å²) in [5.41, 5.74) is 6.62. The minimum absolute atomic E-state index is 0.162. The maximum atomic E-state index is 12.5. The number of nitrogens with two attached hydrogens (primary N) is 1. The van der Waals surface area contributed by atoms with Crippen LogP contribution in [0, 0.1) is 5.41 Å². The summed E-state index contributed by atoms with van der Waals surface area (Å²) < 4.78 is 35.2. The molecule has 3 aromatic carbocycles. The number of halogens is 1. The fourth-order valence-corrected chi connectivity index (χ4v) is 3.44. The molecule has 3 aromatic rings. The summed E-state index contributed by atoms with van der Waals surface area (Å²) in [5, 5.41) is 10.9. The molecule has 0 saturated heterocycles. The Morgan fingerprint density at radius 1 is 1.00 bits per heavy atom. The normalized spacial score (nSPS) is 11.2. The van der Waals surface area contributed by atoms with Gasteiger partial charge < -0.3 is 20.0 Å². The quantitative estimate of drug-likeness (QED) is 0.154. The predicted molar refractivity (Wildman–Crippen MR) is 123 cm³/mol. The molecular weight excluding hydrogens is 454 g/mol. The lowest BCUT2D eigenvalue weighted by Crippen LogP contribution is -2.20. The van der Waals surface area contributed by atoms with E-state index < -0.39 is 16.1 Å². The fraction of sp³-hybridized carbons (Fsp3) is 0. The van der Waals surface area contributed by atoms with E-state index in [-0.39, 0.29) is 28.0 Å². The van der Waals surface area contributed by atoms with Gasteiger partial charge in [-0.1, -0.05) is 41.9 Å². The van der Waals surface area contributed by atoms with Crippen molar-refractivity contribution in [1.29, 1.82) is 5.41 Å². The molecule has 0 spiro atoms. The molecule has 0 atom stereocenters. The zero-order valence-corrected chi connectivity index (χ0v) is 18.1. The highest BCUT2D eigenvalue weighted by molar-refractivity contribution is 7.90. The van der Waals surface area contributed by atoms with Gasteiger partial charge in [-0.05, 0) is 48.0 Å². The third kappa shape index (κ3) is 6.59. The number of esters is 1. The SMILES string of the molecule is N=C(N)Nc1ccc(C(=O)Oc2cc(Cl)ccc2OS(=O)(=O)C=Cc2ccccc2)cc1. The molecule has 0 aliphatic rings. The highest BCUT2D eigenvalue weighted by Gasteiger charge is 2.18. The van der Waals surface area contributed by atoms with Gasteiger partial charge in [-0.2, -0.15) is 8.42 Å². The number of guanidine groups is 1. The van der Waals surface area contributed by atoms with E-state index in [0.29, 0.717) is 11.3 Å². The summed E-state index contributed by atoms with van der Waals surface area (Å²) in [7, 11) is -4.14. The molecule has 0 bridgehead atoms. The smallest absolute Gasteiger partial charge is 0.343 e. The Labute approximate surface area is 189 Å². The van der Waals surface area contributed by atoms with Crippen molar-refractivity contribution in [2.24, 2.45) is 5.73 Å². The molecule has 4 N–H and O–H groups in total. The summed E-state index contributed by atoms with van der Waals surface area (Å²) in [6.07, 6.45) is 1.38. The van der Waals surface area contributed by atoms with Crippen LogP contribution < -0.4 is 20.0 Å². The van der Waals surface area contributed by atoms with Crippen molar-refractivity contribution in [3.8, 4) is 11.5 Å². The van der Waals surface area contributed by atoms with Crippen molar-refractivity contribution in [2.75, 3.05) is 5.32 Å². The summed E-state index contributed by atoms with van der Waals surface area (Å²) in [4.78, 5) is 12.5. The van der Waals surface area contributed by atoms with E-state index in [2.05, 4.69) is 5.32 Å². The van der Waals surface area contributed by atoms with E-state index in [4.69, 9.17) is 31.7 Å². The average Bonchev–Trinajstić information content (AvgIpc) is 2.75. The third-order valence-corrected chi connectivity index (χ3v) is 5.06. The fourth-order valence-electron chi connectivity index (χ4n) is 2.51. The number of anilines is 1. The molecule has 164 valence electrons. The third-order valence-electron chi connectivity index (χ3n) is 3.94. The topological polar surface area (TPSA) is 132 Å². The van der Waals surface area contributed by atoms with Gasteiger partial charge in [0, 0.05) is 16.8 Å². The van der Waals surface area contributed by atoms with Gasteiger partial charge in [0.15, 0.2) is 17.5 Å². The summed E-state index contributed by atoms with van der Waals surface area (Å²) in [6, 6.07) is 18.8. The highest BCUT2D eigenvalue weighted by atomic mass is 35.5. The van der Waals surface area contributed by atoms with Crippen molar-refractivity contribution in [3.63, 3.8) is 0 Å². The molecule has 0 radical (unpaired) electrons. The molecule has 0 aliphatic carbocycles. The van der Waals surface area contributed by atoms with Crippen LogP contribution in [0.4, 0.5) is 5.69 Å². The molecule has 3 rings (SSSR count). The number of rotatable bonds is 7. The van der Waals surface area contributed by atoms with Gasteiger partial charge in [-0.15, -0.1) is 0 Å². The summed E-state index contributed by atoms with van der Waals surface area (Å²) >= 11 is 5.98. The number of hydrogen-bond acceptors (Lipinski definition) is 6. The van der Waals surface area contributed by atoms with E-state index in [1.807, 2.05) is 6.07 Å². The average molecular weight is 472 g/mol. The number of hydrogen-bond donors (Lipinski definition) is 3. The van der Waals surface area contributed by atoms with Crippen molar-refractivity contribution < 1.29 is 22.1 Å². The van der Waals surface area contributed by atoms with E-state index in [9.17, 15) is 13.2 Å². The molecule has 0 amide bonds. The molecule has 0 saturated carbocycles. The molecule has 0 heterocycles. The Balaban J connectivity index is 1.78. The highest BCUT2D eigenvalue weighted by Crippen LogP contribution is 2.32. The van der Waals surface area contributed by atoms with Crippen LogP contribution in [0.5, 0.6) is 11.5 Å². The first-order valence-electron chi connectivity index (χ1n) is 9.12. The van der Waals surface area contributed by atoms with Crippen molar-refractivity contribution in [1.82, 2.24) is 0 Å². The number of ether oxygens (including phenoxy) is 1. The standard InChI is InChI=1S/C22H18ClN3O5S/c23-17-8-11-19(31-32(28,29)13-12-15-4-2-1-3-5-15)20(14-17)30-21(27)16-6-9-18(10-7-16)26-22(24)25/h1-14H,(H4,24,25,26). The molecule has 10 heteroatoms. The maximum Gasteiger partial charge on any atom is 0.343 e. The van der Waals surface area contributed by atoms with Gasteiger partial charge in [0.05, 0.1) is 11.0 Å². The van der Waals surface area contributed by atoms with Crippen LogP contribution in [0.2, 0.25) is 5.02 Å². The maximum absolute atomic E-state index is 12.5. The van der Waals surface area contributed by atoms with Crippen molar-refractivity contribution in [3.05, 3.63) is 94.4 Å². The number of carbonyl (C=O) groups excluding carboxylic acids is 1. The Morgan fingerprint density at radius 3 is 2.34 bits per heavy atom. The van der Waals surface area contributed by atoms with Gasteiger partial charge in [0.25, 0.3) is 0 Å². The van der Waals surface area contributed by atoms with Gasteiger partial charge in [0.2, 0.25) is 0 Å². The van der Waals surface area contributed by atoms with Crippen LogP contribution in [0.15, 0.2) is 78.2 Å². The first-order chi connectivity index (χ1) is 15.2. The summed E-state index contributed by atoms with van der Waals surface area (Å²) in [5.74, 6) is -1.37. The van der Waals surface area contributed by atoms with E-state index in [1.54, 1.807) is 24.3 Å². The van der Waals surface area contributed by atoms with Gasteiger partial charge in [-0.25, -0.2) is 4.79 Å². The number of carbonyl (C=O) groups is 1. The first-order valence-corrected chi connectivity index (χ1v) is 11.0. The second-order valence-corrected chi connectivity index (χ2v) is 8.25. The summed E-state index contributed by atoms with van der Waals surface area (Å²) in [6.45, 7) is 0. The molecular formula is C22H18ClN3O5S. The second-order valence-electron chi connectivity index (χ2n) is 6.39. The minimum Gasteiger partial charge on any atom is -0.419 e. The zero-order valence-electron chi connectivity index (χ0n) is 16.5. The lowest BCUT2D eigenvalue weighted by Gasteiger charge is -2.11. The Bertz CT molecular complexity index is 1260. The molecule has 8 nitrogen and oxygen atoms in total. The Morgan fingerprint density at radius 2 is 1.69 bits per heavy atom. The minimum atomic E-state index is -4.14. The molecule has 0 unspecified atom stereocenters. The van der Waals surface area contributed by atoms with E-state index in [0.717, 1.165) is 5.41 Å². The van der Waals surface area contributed by atoms with Crippen LogP contribution in [0.3, 0.4) is 0 Å². The second kappa shape index (κ2) is 9.99. The van der Waals surface area contributed by atoms with E-state index >= 15 is 0 Å². The lowest BCUT2D eigenvalue weighted by molar-refractivity contribution is 0.0731. The van der Waals surface area contributed by atoms with E-state index in [1.165, 1.54) is 48.5 Å². The van der Waals surface area contributed by atoms with Gasteiger partial charge in [-0.3, -0.25) is 5.41 Å². The van der Waals surface area contributed by atoms with Crippen LogP contribution >= 0.6 is 11.6 Å². The number of nitrogens with one attached hydrogen (secondary N) is 2. The Kier molecular flexibility index (Phi) is 7.14.